The Kier molecular flexibility index (Phi) is 2.80. The zero-order valence-corrected chi connectivity index (χ0v) is 8.61. The molecule has 1 aromatic carbocycles. The normalized spacial score (nSPS) is 10.4. The molecule has 2 aromatic rings. The Balaban J connectivity index is 2.10. The van der Waals surface area contributed by atoms with Crippen LogP contribution >= 0.6 is 0 Å². The van der Waals surface area contributed by atoms with Gasteiger partial charge in [-0.05, 0) is 18.2 Å². The van der Waals surface area contributed by atoms with Gasteiger partial charge in [-0.3, -0.25) is 0 Å². The minimum atomic E-state index is -0.497. The third-order valence-corrected chi connectivity index (χ3v) is 2.17. The number of aromatic nitrogens is 3. The molecule has 4 nitrogen and oxygen atoms in total. The smallest absolute Gasteiger partial charge is 0.151 e. The van der Waals surface area contributed by atoms with Crippen LogP contribution < -0.4 is 5.32 Å². The molecule has 0 saturated heterocycles. The highest BCUT2D eigenvalue weighted by molar-refractivity contribution is 5.44. The summed E-state index contributed by atoms with van der Waals surface area (Å²) in [5.74, 6) is -0.339. The monoisotopic (exact) mass is 224 g/mol. The van der Waals surface area contributed by atoms with E-state index in [1.54, 1.807) is 17.9 Å². The van der Waals surface area contributed by atoms with Gasteiger partial charge in [-0.15, -0.1) is 10.2 Å². The molecule has 2 rings (SSSR count). The summed E-state index contributed by atoms with van der Waals surface area (Å²) in [5.41, 5.74) is 0.114. The largest absolute Gasteiger partial charge is 0.375 e. The fraction of sp³-hybridized carbons (Fsp3) is 0.200. The highest BCUT2D eigenvalue weighted by Gasteiger charge is 2.05. The van der Waals surface area contributed by atoms with E-state index in [1.807, 2.05) is 0 Å². The summed E-state index contributed by atoms with van der Waals surface area (Å²) in [6.45, 7) is 0.289. The van der Waals surface area contributed by atoms with Crippen LogP contribution in [0.15, 0.2) is 24.5 Å². The van der Waals surface area contributed by atoms with Crippen molar-refractivity contribution in [2.24, 2.45) is 7.05 Å². The molecule has 1 aromatic heterocycles. The minimum Gasteiger partial charge on any atom is -0.375 e. The molecule has 0 aliphatic heterocycles. The summed E-state index contributed by atoms with van der Waals surface area (Å²) in [6.07, 6.45) is 1.54. The predicted octanol–water partition coefficient (Wildman–Crippen LogP) is 1.71. The van der Waals surface area contributed by atoms with Gasteiger partial charge in [0.15, 0.2) is 5.82 Å². The number of halogens is 2. The molecule has 0 atom stereocenters. The molecule has 0 radical (unpaired) electrons. The second-order valence-electron chi connectivity index (χ2n) is 3.34. The topological polar surface area (TPSA) is 42.7 Å². The van der Waals surface area contributed by atoms with Crippen LogP contribution in [-0.4, -0.2) is 14.8 Å². The molecule has 0 saturated carbocycles. The number of hydrogen-bond acceptors (Lipinski definition) is 3. The number of nitrogens with zero attached hydrogens (tertiary/aromatic N) is 3. The zero-order chi connectivity index (χ0) is 11.5. The van der Waals surface area contributed by atoms with Crippen LogP contribution in [0.3, 0.4) is 0 Å². The Morgan fingerprint density at radius 2 is 2.19 bits per heavy atom. The maximum Gasteiger partial charge on any atom is 0.151 e. The number of hydrogen-bond donors (Lipinski definition) is 1. The molecule has 1 N–H and O–H groups in total. The molecule has 0 amide bonds. The molecule has 0 aliphatic carbocycles. The first-order valence-electron chi connectivity index (χ1n) is 4.68. The summed E-state index contributed by atoms with van der Waals surface area (Å²) < 4.78 is 27.8. The maximum atomic E-state index is 13.2. The number of nitrogens with one attached hydrogen (secondary N) is 1. The summed E-state index contributed by atoms with van der Waals surface area (Å²) in [6, 6.07) is 3.25. The number of aryl methyl sites for hydroxylation is 1. The van der Waals surface area contributed by atoms with Gasteiger partial charge in [0, 0.05) is 7.05 Å². The number of benzene rings is 1. The first kappa shape index (κ1) is 10.5. The van der Waals surface area contributed by atoms with E-state index in [9.17, 15) is 8.78 Å². The number of anilines is 1. The first-order valence-corrected chi connectivity index (χ1v) is 4.68. The van der Waals surface area contributed by atoms with Gasteiger partial charge in [-0.25, -0.2) is 8.78 Å². The summed E-state index contributed by atoms with van der Waals surface area (Å²) in [4.78, 5) is 0. The van der Waals surface area contributed by atoms with Crippen molar-refractivity contribution < 1.29 is 8.78 Å². The zero-order valence-electron chi connectivity index (χ0n) is 8.61. The van der Waals surface area contributed by atoms with Gasteiger partial charge in [0.1, 0.15) is 18.0 Å². The molecule has 0 unspecified atom stereocenters. The lowest BCUT2D eigenvalue weighted by Gasteiger charge is -2.06. The van der Waals surface area contributed by atoms with E-state index in [4.69, 9.17) is 0 Å². The molecular formula is C10H10F2N4. The van der Waals surface area contributed by atoms with Gasteiger partial charge < -0.3 is 9.88 Å². The quantitative estimate of drug-likeness (QED) is 0.863. The van der Waals surface area contributed by atoms with E-state index in [-0.39, 0.29) is 12.2 Å². The summed E-state index contributed by atoms with van der Waals surface area (Å²) in [5, 5.41) is 10.3. The predicted molar refractivity (Wildman–Crippen MR) is 54.7 cm³/mol. The van der Waals surface area contributed by atoms with Gasteiger partial charge in [-0.1, -0.05) is 0 Å². The van der Waals surface area contributed by atoms with Crippen LogP contribution in [0, 0.1) is 11.6 Å². The summed E-state index contributed by atoms with van der Waals surface area (Å²) >= 11 is 0. The average molecular weight is 224 g/mol. The lowest BCUT2D eigenvalue weighted by molar-refractivity contribution is 0.602. The molecule has 0 aliphatic rings. The van der Waals surface area contributed by atoms with Gasteiger partial charge in [0.2, 0.25) is 0 Å². The van der Waals surface area contributed by atoms with E-state index < -0.39 is 11.6 Å². The van der Waals surface area contributed by atoms with Crippen molar-refractivity contribution in [2.45, 2.75) is 6.54 Å². The van der Waals surface area contributed by atoms with Crippen LogP contribution in [0.4, 0.5) is 14.5 Å². The van der Waals surface area contributed by atoms with Gasteiger partial charge in [-0.2, -0.15) is 0 Å². The fourth-order valence-electron chi connectivity index (χ4n) is 1.27. The van der Waals surface area contributed by atoms with E-state index in [0.29, 0.717) is 5.82 Å². The van der Waals surface area contributed by atoms with Crippen LogP contribution in [0.2, 0.25) is 0 Å². The second kappa shape index (κ2) is 4.26. The van der Waals surface area contributed by atoms with Crippen molar-refractivity contribution in [1.29, 1.82) is 0 Å². The lowest BCUT2D eigenvalue weighted by Crippen LogP contribution is -2.07. The lowest BCUT2D eigenvalue weighted by atomic mass is 10.3. The van der Waals surface area contributed by atoms with Gasteiger partial charge in [0.05, 0.1) is 12.2 Å². The molecule has 6 heteroatoms. The summed E-state index contributed by atoms with van der Waals surface area (Å²) in [7, 11) is 1.78. The highest BCUT2D eigenvalue weighted by Crippen LogP contribution is 2.15. The second-order valence-corrected chi connectivity index (χ2v) is 3.34. The Hall–Kier alpha value is -1.98. The standard InChI is InChI=1S/C10H10F2N4/c1-16-6-14-15-10(16)5-13-9-4-7(11)2-3-8(9)12/h2-4,6,13H,5H2,1H3. The third-order valence-electron chi connectivity index (χ3n) is 2.17. The average Bonchev–Trinajstić information content (AvgIpc) is 2.66. The molecule has 16 heavy (non-hydrogen) atoms. The Morgan fingerprint density at radius 3 is 2.88 bits per heavy atom. The van der Waals surface area contributed by atoms with Crippen molar-refractivity contribution in [2.75, 3.05) is 5.32 Å². The SMILES string of the molecule is Cn1cnnc1CNc1cc(F)ccc1F. The van der Waals surface area contributed by atoms with E-state index in [2.05, 4.69) is 15.5 Å². The molecule has 0 bridgehead atoms. The van der Waals surface area contributed by atoms with Crippen molar-refractivity contribution in [1.82, 2.24) is 14.8 Å². The Morgan fingerprint density at radius 1 is 1.38 bits per heavy atom. The van der Waals surface area contributed by atoms with Gasteiger partial charge >= 0.3 is 0 Å². The third kappa shape index (κ3) is 2.16. The first-order chi connectivity index (χ1) is 7.66. The van der Waals surface area contributed by atoms with Gasteiger partial charge in [0.25, 0.3) is 0 Å². The minimum absolute atomic E-state index is 0.114. The van der Waals surface area contributed by atoms with Crippen LogP contribution in [0.5, 0.6) is 0 Å². The van der Waals surface area contributed by atoms with Crippen molar-refractivity contribution >= 4 is 5.69 Å². The van der Waals surface area contributed by atoms with Crippen LogP contribution in [0.1, 0.15) is 5.82 Å². The van der Waals surface area contributed by atoms with Crippen LogP contribution in [0.25, 0.3) is 0 Å². The molecule has 1 heterocycles. The Labute approximate surface area is 90.9 Å². The van der Waals surface area contributed by atoms with Crippen LogP contribution in [-0.2, 0) is 13.6 Å². The maximum absolute atomic E-state index is 13.2. The Bertz CT molecular complexity index is 495. The van der Waals surface area contributed by atoms with Crippen molar-refractivity contribution in [3.8, 4) is 0 Å². The molecular weight excluding hydrogens is 214 g/mol. The molecule has 84 valence electrons. The number of rotatable bonds is 3. The molecule has 0 fully saturated rings. The van der Waals surface area contributed by atoms with E-state index >= 15 is 0 Å². The molecule has 0 spiro atoms. The van der Waals surface area contributed by atoms with Crippen molar-refractivity contribution in [3.05, 3.63) is 42.0 Å². The van der Waals surface area contributed by atoms with Crippen molar-refractivity contribution in [3.63, 3.8) is 0 Å². The van der Waals surface area contributed by atoms with E-state index in [1.165, 1.54) is 0 Å². The highest BCUT2D eigenvalue weighted by atomic mass is 19.1. The van der Waals surface area contributed by atoms with E-state index in [0.717, 1.165) is 18.2 Å². The fourth-order valence-corrected chi connectivity index (χ4v) is 1.27.